The Bertz CT molecular complexity index is 1360. The average molecular weight is 549 g/mol. The van der Waals surface area contributed by atoms with Gasteiger partial charge < -0.3 is 24.0 Å². The van der Waals surface area contributed by atoms with E-state index in [9.17, 15) is 9.59 Å². The Hall–Kier alpha value is -3.03. The summed E-state index contributed by atoms with van der Waals surface area (Å²) in [6, 6.07) is 13.6. The lowest BCUT2D eigenvalue weighted by atomic mass is 9.51. The summed E-state index contributed by atoms with van der Waals surface area (Å²) in [5.41, 5.74) is 3.59. The molecule has 0 radical (unpaired) electrons. The van der Waals surface area contributed by atoms with Crippen LogP contribution in [0.15, 0.2) is 54.1 Å². The van der Waals surface area contributed by atoms with Gasteiger partial charge >= 0.3 is 0 Å². The normalized spacial score (nSPS) is 31.8. The second-order valence-corrected chi connectivity index (χ2v) is 11.8. The molecular weight excluding hydrogens is 516 g/mol. The van der Waals surface area contributed by atoms with Crippen LogP contribution in [0.3, 0.4) is 0 Å². The standard InChI is InChI=1S/C31H33ClN2O5/c1-37-23-14-21-22(15-24(23)38-2)34-28(36)16-25-29-20-13-26(31(21,9-10-32)30(29)34)33(17-19(20)8-11-39-25)27(35)12-18-6-4-3-5-7-18/h3-8,14-15,20,25-26,29-30H,9-13,16-17H2,1-2H3/t20-,25+,26-,29+,30-,31-/m0/s1. The topological polar surface area (TPSA) is 68.3 Å². The number of amides is 2. The maximum absolute atomic E-state index is 14.1. The van der Waals surface area contributed by atoms with E-state index in [0.29, 0.717) is 49.8 Å². The molecule has 4 heterocycles. The highest BCUT2D eigenvalue weighted by atomic mass is 35.5. The highest BCUT2D eigenvalue weighted by Crippen LogP contribution is 2.64. The minimum atomic E-state index is -0.544. The molecule has 2 aromatic rings. The third-order valence-corrected chi connectivity index (χ3v) is 10.1. The number of ether oxygens (including phenoxy) is 3. The number of benzene rings is 2. The lowest BCUT2D eigenvalue weighted by molar-refractivity contribution is -0.145. The van der Waals surface area contributed by atoms with Crippen molar-refractivity contribution in [3.8, 4) is 11.5 Å². The number of nitrogens with zero attached hydrogens (tertiary/aromatic N) is 2. The van der Waals surface area contributed by atoms with E-state index < -0.39 is 5.41 Å². The van der Waals surface area contributed by atoms with Crippen LogP contribution >= 0.6 is 11.6 Å². The largest absolute Gasteiger partial charge is 0.493 e. The molecule has 0 aromatic heterocycles. The Kier molecular flexibility index (Phi) is 5.94. The molecule has 39 heavy (non-hydrogen) atoms. The Morgan fingerprint density at radius 3 is 2.67 bits per heavy atom. The Labute approximate surface area is 233 Å². The van der Waals surface area contributed by atoms with Crippen molar-refractivity contribution in [2.75, 3.05) is 38.2 Å². The summed E-state index contributed by atoms with van der Waals surface area (Å²) in [4.78, 5) is 32.1. The molecule has 0 N–H and O–H groups in total. The SMILES string of the molecule is COc1cc2c(cc1OC)[C@@]1(CCCl)[C@@H]3C[C@H]4C(=CCO[C@@H]5CC(=O)N2[C@H]1[C@@H]54)CN3C(=O)Cc1ccccc1. The predicted octanol–water partition coefficient (Wildman–Crippen LogP) is 4.10. The number of rotatable bonds is 6. The molecule has 0 spiro atoms. The summed E-state index contributed by atoms with van der Waals surface area (Å²) in [5, 5.41) is 0. The molecule has 6 atom stereocenters. The van der Waals surface area contributed by atoms with Crippen molar-refractivity contribution in [3.05, 3.63) is 65.2 Å². The van der Waals surface area contributed by atoms with E-state index in [0.717, 1.165) is 23.2 Å². The fourth-order valence-electron chi connectivity index (χ4n) is 8.49. The molecule has 2 aromatic carbocycles. The zero-order chi connectivity index (χ0) is 26.9. The number of halogens is 1. The van der Waals surface area contributed by atoms with Gasteiger partial charge in [-0.2, -0.15) is 0 Å². The number of fused-ring (bicyclic) bond motifs is 5. The fraction of sp³-hybridized carbons (Fsp3) is 0.484. The third kappa shape index (κ3) is 3.45. The van der Waals surface area contributed by atoms with Crippen molar-refractivity contribution in [2.24, 2.45) is 11.8 Å². The maximum atomic E-state index is 14.1. The first-order valence-electron chi connectivity index (χ1n) is 13.8. The van der Waals surface area contributed by atoms with Crippen molar-refractivity contribution in [2.45, 2.75) is 49.3 Å². The van der Waals surface area contributed by atoms with Gasteiger partial charge in [-0.25, -0.2) is 0 Å². The van der Waals surface area contributed by atoms with E-state index >= 15 is 0 Å². The van der Waals surface area contributed by atoms with Crippen LogP contribution in [0, 0.1) is 11.8 Å². The average Bonchev–Trinajstić information content (AvgIpc) is 3.10. The van der Waals surface area contributed by atoms with Gasteiger partial charge in [0.05, 0.1) is 51.5 Å². The lowest BCUT2D eigenvalue weighted by Gasteiger charge is -2.62. The van der Waals surface area contributed by atoms with Gasteiger partial charge in [0, 0.05) is 35.9 Å². The fourth-order valence-corrected chi connectivity index (χ4v) is 8.80. The number of carbonyl (C=O) groups is 2. The van der Waals surface area contributed by atoms with E-state index in [1.54, 1.807) is 14.2 Å². The third-order valence-electron chi connectivity index (χ3n) is 9.93. The smallest absolute Gasteiger partial charge is 0.229 e. The van der Waals surface area contributed by atoms with Crippen LogP contribution in [0.4, 0.5) is 5.69 Å². The van der Waals surface area contributed by atoms with E-state index in [-0.39, 0.29) is 41.8 Å². The summed E-state index contributed by atoms with van der Waals surface area (Å²) < 4.78 is 17.8. The highest BCUT2D eigenvalue weighted by molar-refractivity contribution is 6.18. The molecular formula is C31H33ClN2O5. The summed E-state index contributed by atoms with van der Waals surface area (Å²) >= 11 is 6.63. The van der Waals surface area contributed by atoms with E-state index in [2.05, 4.69) is 11.0 Å². The second kappa shape index (κ2) is 9.27. The number of carbonyl (C=O) groups excluding carboxylic acids is 2. The van der Waals surface area contributed by atoms with Crippen LogP contribution in [-0.4, -0.2) is 68.2 Å². The number of hydrogen-bond acceptors (Lipinski definition) is 5. The second-order valence-electron chi connectivity index (χ2n) is 11.4. The minimum Gasteiger partial charge on any atom is -0.493 e. The van der Waals surface area contributed by atoms with E-state index in [4.69, 9.17) is 25.8 Å². The molecule has 4 aliphatic heterocycles. The van der Waals surface area contributed by atoms with Crippen molar-refractivity contribution in [1.29, 1.82) is 0 Å². The molecule has 204 valence electrons. The summed E-state index contributed by atoms with van der Waals surface area (Å²) in [6.45, 7) is 1.05. The highest BCUT2D eigenvalue weighted by Gasteiger charge is 2.69. The molecule has 8 heteroatoms. The van der Waals surface area contributed by atoms with E-state index in [1.807, 2.05) is 47.4 Å². The zero-order valence-electron chi connectivity index (χ0n) is 22.3. The van der Waals surface area contributed by atoms with Crippen LogP contribution in [0.2, 0.25) is 0 Å². The van der Waals surface area contributed by atoms with Crippen molar-refractivity contribution < 1.29 is 23.8 Å². The van der Waals surface area contributed by atoms with Crippen LogP contribution < -0.4 is 14.4 Å². The van der Waals surface area contributed by atoms with Crippen molar-refractivity contribution >= 4 is 29.1 Å². The Morgan fingerprint density at radius 2 is 1.92 bits per heavy atom. The Morgan fingerprint density at radius 1 is 1.15 bits per heavy atom. The number of methoxy groups -OCH3 is 2. The van der Waals surface area contributed by atoms with Gasteiger partial charge in [0.15, 0.2) is 11.5 Å². The van der Waals surface area contributed by atoms with E-state index in [1.165, 1.54) is 5.57 Å². The first-order valence-corrected chi connectivity index (χ1v) is 14.3. The molecule has 2 saturated heterocycles. The molecule has 1 aliphatic carbocycles. The predicted molar refractivity (Wildman–Crippen MR) is 148 cm³/mol. The minimum absolute atomic E-state index is 0.0525. The first-order chi connectivity index (χ1) is 19.0. The molecule has 0 unspecified atom stereocenters. The monoisotopic (exact) mass is 548 g/mol. The number of hydrogen-bond donors (Lipinski definition) is 0. The molecule has 2 bridgehead atoms. The molecule has 7 nitrogen and oxygen atoms in total. The van der Waals surface area contributed by atoms with Gasteiger partial charge in [-0.3, -0.25) is 9.59 Å². The number of anilines is 1. The van der Waals surface area contributed by atoms with Gasteiger partial charge in [-0.15, -0.1) is 11.6 Å². The number of alkyl halides is 1. The summed E-state index contributed by atoms with van der Waals surface area (Å²) in [6.07, 6.45) is 4.17. The van der Waals surface area contributed by atoms with Gasteiger partial charge in [-0.1, -0.05) is 36.4 Å². The molecule has 1 saturated carbocycles. The molecule has 5 aliphatic rings. The Balaban J connectivity index is 1.44. The van der Waals surface area contributed by atoms with Gasteiger partial charge in [0.1, 0.15) is 0 Å². The number of piperidine rings is 2. The molecule has 7 rings (SSSR count). The van der Waals surface area contributed by atoms with Gasteiger partial charge in [-0.05, 0) is 41.5 Å². The van der Waals surface area contributed by atoms with Crippen molar-refractivity contribution in [3.63, 3.8) is 0 Å². The lowest BCUT2D eigenvalue weighted by Crippen LogP contribution is -2.72. The van der Waals surface area contributed by atoms with Crippen LogP contribution in [0.5, 0.6) is 11.5 Å². The number of likely N-dealkylation sites (tertiary alicyclic amines) is 1. The van der Waals surface area contributed by atoms with Gasteiger partial charge in [0.2, 0.25) is 11.8 Å². The summed E-state index contributed by atoms with van der Waals surface area (Å²) in [5.74, 6) is 2.15. The van der Waals surface area contributed by atoms with Crippen LogP contribution in [0.25, 0.3) is 0 Å². The van der Waals surface area contributed by atoms with Crippen molar-refractivity contribution in [1.82, 2.24) is 4.90 Å². The molecule has 2 amide bonds. The quantitative estimate of drug-likeness (QED) is 0.401. The maximum Gasteiger partial charge on any atom is 0.229 e. The molecule has 3 fully saturated rings. The van der Waals surface area contributed by atoms with Gasteiger partial charge in [0.25, 0.3) is 0 Å². The summed E-state index contributed by atoms with van der Waals surface area (Å²) in [7, 11) is 3.24. The zero-order valence-corrected chi connectivity index (χ0v) is 23.0. The van der Waals surface area contributed by atoms with Crippen LogP contribution in [0.1, 0.15) is 30.4 Å². The first kappa shape index (κ1) is 25.0. The van der Waals surface area contributed by atoms with Crippen LogP contribution in [-0.2, 0) is 26.2 Å².